The number of carboxylic acids is 4. The van der Waals surface area contributed by atoms with Crippen LogP contribution < -0.4 is 81.4 Å². The SMILES string of the molecule is CC[C@H](C)[C@H](NC(=O)[C@@H]1CCCN1C(=O)[C@H](Cc1ccccc1)NC(=O)[C@H](CCCCN)NC(=O)[C@H](C)NC(=O)[C@H](CO)NC(=O)[C@H](CC(N)=O)NC(=O)[C@H](CCC(=O)O)NC(=O)[C@H](CCC(=O)O)NC(=O)[C@H](CC(=O)O)NC(=O)CNC(=O)[C@@H](NC(=O)[C@@H](N)CCC(=O)O)[C@@H](C)CC)C(N)=O. The smallest absolute Gasteiger partial charge is 0.305 e. The Labute approximate surface area is 586 Å². The number of carboxylic acid groups (broad SMARTS) is 4. The Hall–Kier alpha value is -10.4. The summed E-state index contributed by atoms with van der Waals surface area (Å²) in [7, 11) is 0. The van der Waals surface area contributed by atoms with E-state index >= 15 is 0 Å². The van der Waals surface area contributed by atoms with Crippen molar-refractivity contribution in [2.45, 2.75) is 210 Å². The fourth-order valence-electron chi connectivity index (χ4n) is 10.3. The van der Waals surface area contributed by atoms with E-state index in [0.29, 0.717) is 31.2 Å². The quantitative estimate of drug-likeness (QED) is 0.0270. The molecular formula is C63H98N16O23. The number of hydrogen-bond acceptors (Lipinski definition) is 21. The molecule has 1 saturated heterocycles. The molecule has 39 heteroatoms. The topological polar surface area (TPSA) is 648 Å². The van der Waals surface area contributed by atoms with E-state index < -0.39 is 243 Å². The van der Waals surface area contributed by atoms with Gasteiger partial charge in [0, 0.05) is 32.2 Å². The van der Waals surface area contributed by atoms with Crippen LogP contribution in [0, 0.1) is 11.8 Å². The lowest BCUT2D eigenvalue weighted by atomic mass is 9.97. The van der Waals surface area contributed by atoms with Gasteiger partial charge in [0.1, 0.15) is 66.5 Å². The summed E-state index contributed by atoms with van der Waals surface area (Å²) < 4.78 is 0. The van der Waals surface area contributed by atoms with Crippen molar-refractivity contribution in [1.29, 1.82) is 0 Å². The molecule has 0 bridgehead atoms. The molecule has 14 amide bonds. The number of likely N-dealkylation sites (tertiary alicyclic amines) is 1. The number of amides is 14. The summed E-state index contributed by atoms with van der Waals surface area (Å²) in [6, 6.07) is -10.8. The van der Waals surface area contributed by atoms with E-state index in [1.807, 2.05) is 12.2 Å². The highest BCUT2D eigenvalue weighted by atomic mass is 16.4. The van der Waals surface area contributed by atoms with E-state index in [0.717, 1.165) is 6.92 Å². The predicted octanol–water partition coefficient (Wildman–Crippen LogP) is -6.83. The average Bonchev–Trinajstić information content (AvgIpc) is 1.61. The maximum absolute atomic E-state index is 14.5. The van der Waals surface area contributed by atoms with Gasteiger partial charge < -0.3 is 112 Å². The Morgan fingerprint density at radius 2 is 0.980 bits per heavy atom. The Balaban J connectivity index is 2.36. The third-order valence-corrected chi connectivity index (χ3v) is 16.6. The Kier molecular flexibility index (Phi) is 38.4. The zero-order valence-electron chi connectivity index (χ0n) is 57.5. The Bertz CT molecular complexity index is 3140. The second-order valence-corrected chi connectivity index (χ2v) is 24.6. The van der Waals surface area contributed by atoms with Gasteiger partial charge in [-0.2, -0.15) is 0 Å². The molecule has 39 nitrogen and oxygen atoms in total. The molecule has 0 aliphatic carbocycles. The largest absolute Gasteiger partial charge is 0.481 e. The number of aliphatic hydroxyl groups excluding tert-OH is 1. The lowest BCUT2D eigenvalue weighted by molar-refractivity contribution is -0.142. The molecule has 0 spiro atoms. The second kappa shape index (κ2) is 44.6. The van der Waals surface area contributed by atoms with Crippen molar-refractivity contribution in [3.8, 4) is 0 Å². The van der Waals surface area contributed by atoms with Crippen molar-refractivity contribution in [2.75, 3.05) is 26.2 Å². The molecule has 14 atom stereocenters. The van der Waals surface area contributed by atoms with Crippen LogP contribution in [0.15, 0.2) is 30.3 Å². The van der Waals surface area contributed by atoms with Crippen LogP contribution in [0.1, 0.15) is 136 Å². The minimum Gasteiger partial charge on any atom is -0.481 e. The molecule has 0 unspecified atom stereocenters. The lowest BCUT2D eigenvalue weighted by Crippen LogP contribution is -2.61. The summed E-state index contributed by atoms with van der Waals surface area (Å²) in [4.78, 5) is 237. The van der Waals surface area contributed by atoms with Crippen LogP contribution >= 0.6 is 0 Å². The van der Waals surface area contributed by atoms with E-state index in [1.165, 1.54) is 4.90 Å². The van der Waals surface area contributed by atoms with Gasteiger partial charge in [-0.15, -0.1) is 0 Å². The number of carbonyl (C=O) groups excluding carboxylic acids is 14. The third-order valence-electron chi connectivity index (χ3n) is 16.6. The third kappa shape index (κ3) is 31.0. The summed E-state index contributed by atoms with van der Waals surface area (Å²) in [6.07, 6.45) is -4.61. The maximum Gasteiger partial charge on any atom is 0.305 e. The van der Waals surface area contributed by atoms with Crippen molar-refractivity contribution in [3.05, 3.63) is 35.9 Å². The minimum absolute atomic E-state index is 0.0573. The van der Waals surface area contributed by atoms with Gasteiger partial charge in [0.15, 0.2) is 0 Å². The first-order chi connectivity index (χ1) is 48.0. The molecule has 102 heavy (non-hydrogen) atoms. The Morgan fingerprint density at radius 1 is 0.510 bits per heavy atom. The summed E-state index contributed by atoms with van der Waals surface area (Å²) >= 11 is 0. The summed E-state index contributed by atoms with van der Waals surface area (Å²) in [5, 5.41) is 73.2. The van der Waals surface area contributed by atoms with Gasteiger partial charge in [-0.1, -0.05) is 70.9 Å². The number of rotatable bonds is 48. The number of benzene rings is 1. The van der Waals surface area contributed by atoms with Gasteiger partial charge in [-0.3, -0.25) is 86.3 Å². The van der Waals surface area contributed by atoms with Crippen LogP contribution in [0.4, 0.5) is 0 Å². The highest BCUT2D eigenvalue weighted by Crippen LogP contribution is 2.22. The molecule has 1 aromatic carbocycles. The molecule has 1 fully saturated rings. The summed E-state index contributed by atoms with van der Waals surface area (Å²) in [5.41, 5.74) is 23.1. The first kappa shape index (κ1) is 87.6. The highest BCUT2D eigenvalue weighted by molar-refractivity contribution is 6.01. The van der Waals surface area contributed by atoms with Crippen molar-refractivity contribution in [2.24, 2.45) is 34.8 Å². The highest BCUT2D eigenvalue weighted by Gasteiger charge is 2.41. The second-order valence-electron chi connectivity index (χ2n) is 24.6. The number of nitrogens with one attached hydrogen (secondary N) is 11. The molecular weight excluding hydrogens is 1350 g/mol. The standard InChI is InChI=1S/C63H98N16O23/c1-6-31(3)50(52(67)91)77-61(100)43-17-13-25-79(43)63(102)41(26-34-14-9-8-10-15-34)75-55(94)36(16-11-12-24-64)71-53(92)33(5)69-60(99)42(30-80)76-58(97)39(27-44(66)81)74-57(96)38(20-23-48(87)88)72-56(95)37(19-22-47(85)86)73-59(98)40(28-49(89)90)70-45(82)29-68-62(101)51(32(4)7-2)78-54(93)35(65)18-21-46(83)84/h8-10,14-15,31-33,35-43,50-51,80H,6-7,11-13,16-30,64-65H2,1-5H3,(H2,66,81)(H2,67,91)(H,68,101)(H,69,99)(H,70,82)(H,71,92)(H,72,95)(H,73,98)(H,74,96)(H,75,94)(H,76,97)(H,77,100)(H,78,93)(H,83,84)(H,85,86)(H,87,88)(H,89,90)/t31-,32-,33-,35-,36-,37-,38-,39-,40-,41-,42-,43-,50-,51-/m0/s1. The number of aliphatic carboxylic acids is 4. The lowest BCUT2D eigenvalue weighted by Gasteiger charge is -2.31. The van der Waals surface area contributed by atoms with Gasteiger partial charge >= 0.3 is 23.9 Å². The summed E-state index contributed by atoms with van der Waals surface area (Å²) in [6.45, 7) is 6.01. The number of nitrogens with two attached hydrogens (primary N) is 4. The number of unbranched alkanes of at least 4 members (excludes halogenated alkanes) is 1. The van der Waals surface area contributed by atoms with Crippen molar-refractivity contribution >= 4 is 107 Å². The monoisotopic (exact) mass is 1450 g/mol. The number of nitrogens with zero attached hydrogens (tertiary/aromatic N) is 1. The van der Waals surface area contributed by atoms with Crippen LogP contribution in [-0.2, 0) is 92.7 Å². The van der Waals surface area contributed by atoms with Gasteiger partial charge in [0.25, 0.3) is 0 Å². The number of carbonyl (C=O) groups is 18. The van der Waals surface area contributed by atoms with Crippen molar-refractivity contribution < 1.29 is 112 Å². The molecule has 1 heterocycles. The summed E-state index contributed by atoms with van der Waals surface area (Å²) in [5.74, 6) is -22.3. The maximum atomic E-state index is 14.5. The molecule has 0 aromatic heterocycles. The molecule has 24 N–H and O–H groups in total. The molecule has 1 aromatic rings. The van der Waals surface area contributed by atoms with Crippen LogP contribution in [0.2, 0.25) is 0 Å². The number of aliphatic hydroxyl groups is 1. The van der Waals surface area contributed by atoms with E-state index in [4.69, 9.17) is 28.0 Å². The fraction of sp³-hybridized carbons (Fsp3) is 0.619. The molecule has 1 aliphatic heterocycles. The van der Waals surface area contributed by atoms with Gasteiger partial charge in [-0.25, -0.2) is 0 Å². The Morgan fingerprint density at radius 3 is 1.48 bits per heavy atom. The normalized spacial score (nSPS) is 16.3. The molecule has 568 valence electrons. The first-order valence-electron chi connectivity index (χ1n) is 33.1. The zero-order chi connectivity index (χ0) is 77.1. The van der Waals surface area contributed by atoms with Crippen LogP contribution in [0.5, 0.6) is 0 Å². The molecule has 0 saturated carbocycles. The zero-order valence-corrected chi connectivity index (χ0v) is 57.5. The van der Waals surface area contributed by atoms with Crippen LogP contribution in [0.25, 0.3) is 0 Å². The number of hydrogen-bond donors (Lipinski definition) is 20. The average molecular weight is 1450 g/mol. The van der Waals surface area contributed by atoms with E-state index in [2.05, 4.69) is 53.2 Å². The van der Waals surface area contributed by atoms with Gasteiger partial charge in [0.05, 0.1) is 32.0 Å². The minimum atomic E-state index is -2.11. The fourth-order valence-corrected chi connectivity index (χ4v) is 10.3. The first-order valence-corrected chi connectivity index (χ1v) is 33.1. The number of primary amides is 2. The van der Waals surface area contributed by atoms with Crippen molar-refractivity contribution in [3.63, 3.8) is 0 Å². The van der Waals surface area contributed by atoms with Gasteiger partial charge in [-0.05, 0) is 82.2 Å². The van der Waals surface area contributed by atoms with Crippen LogP contribution in [-0.4, -0.2) is 236 Å². The van der Waals surface area contributed by atoms with E-state index in [-0.39, 0.29) is 51.1 Å². The van der Waals surface area contributed by atoms with E-state index in [9.17, 15) is 107 Å². The molecule has 0 radical (unpaired) electrons. The van der Waals surface area contributed by atoms with Crippen molar-refractivity contribution in [1.82, 2.24) is 63.4 Å². The van der Waals surface area contributed by atoms with E-state index in [1.54, 1.807) is 51.1 Å². The van der Waals surface area contributed by atoms with Crippen LogP contribution in [0.3, 0.4) is 0 Å². The molecule has 1 aliphatic rings. The molecule has 2 rings (SSSR count). The predicted molar refractivity (Wildman–Crippen MR) is 356 cm³/mol. The van der Waals surface area contributed by atoms with Gasteiger partial charge in [0.2, 0.25) is 82.7 Å².